The van der Waals surface area contributed by atoms with Gasteiger partial charge >= 0.3 is 0 Å². The molecule has 1 N–H and O–H groups in total. The van der Waals surface area contributed by atoms with Crippen molar-refractivity contribution in [3.8, 4) is 0 Å². The first-order chi connectivity index (χ1) is 13.7. The van der Waals surface area contributed by atoms with Crippen molar-refractivity contribution < 1.29 is 5.11 Å². The zero-order valence-corrected chi connectivity index (χ0v) is 19.7. The van der Waals surface area contributed by atoms with Gasteiger partial charge in [0.05, 0.1) is 6.10 Å². The lowest BCUT2D eigenvalue weighted by Crippen LogP contribution is -2.46. The molecule has 0 saturated heterocycles. The van der Waals surface area contributed by atoms with Crippen LogP contribution in [0.4, 0.5) is 0 Å². The molecule has 4 aliphatic carbocycles. The van der Waals surface area contributed by atoms with E-state index in [9.17, 15) is 5.11 Å². The highest BCUT2D eigenvalue weighted by Crippen LogP contribution is 2.65. The highest BCUT2D eigenvalue weighted by molar-refractivity contribution is 5.39. The number of allylic oxidation sites excluding steroid dienone is 5. The van der Waals surface area contributed by atoms with Gasteiger partial charge in [-0.05, 0) is 91.3 Å². The van der Waals surface area contributed by atoms with Crippen molar-refractivity contribution in [1.82, 2.24) is 0 Å². The fraction of sp³-hybridized carbons (Fsp3) is 0.786. The molecule has 0 spiro atoms. The third-order valence-electron chi connectivity index (χ3n) is 10.0. The molecule has 162 valence electrons. The number of rotatable bonds is 4. The lowest BCUT2D eigenvalue weighted by atomic mass is 9.50. The molecule has 3 fully saturated rings. The second-order valence-electron chi connectivity index (χ2n) is 11.9. The molecule has 0 aromatic carbocycles. The van der Waals surface area contributed by atoms with Crippen molar-refractivity contribution in [2.24, 2.45) is 46.3 Å². The van der Waals surface area contributed by atoms with Crippen molar-refractivity contribution in [3.05, 3.63) is 35.5 Å². The Labute approximate surface area is 179 Å². The monoisotopic (exact) mass is 396 g/mol. The fourth-order valence-electron chi connectivity index (χ4n) is 7.59. The second-order valence-corrected chi connectivity index (χ2v) is 11.9. The largest absolute Gasteiger partial charge is 0.393 e. The van der Waals surface area contributed by atoms with Crippen LogP contribution in [-0.2, 0) is 0 Å². The Morgan fingerprint density at radius 2 is 1.69 bits per heavy atom. The second kappa shape index (κ2) is 7.70. The maximum absolute atomic E-state index is 10.2. The molecule has 0 radical (unpaired) electrons. The quantitative estimate of drug-likeness (QED) is 0.493. The highest BCUT2D eigenvalue weighted by atomic mass is 16.3. The zero-order chi connectivity index (χ0) is 21.0. The summed E-state index contributed by atoms with van der Waals surface area (Å²) in [5.74, 6) is 4.38. The zero-order valence-electron chi connectivity index (χ0n) is 19.7. The lowest BCUT2D eigenvalue weighted by molar-refractivity contribution is 0.0382. The van der Waals surface area contributed by atoms with E-state index in [1.807, 2.05) is 0 Å². The molecule has 8 atom stereocenters. The predicted molar refractivity (Wildman–Crippen MR) is 123 cm³/mol. The molecule has 0 heterocycles. The van der Waals surface area contributed by atoms with Crippen molar-refractivity contribution >= 4 is 0 Å². The van der Waals surface area contributed by atoms with E-state index in [2.05, 4.69) is 65.8 Å². The first-order valence-electron chi connectivity index (χ1n) is 12.4. The molecular formula is C28H44O. The van der Waals surface area contributed by atoms with Gasteiger partial charge in [0.1, 0.15) is 0 Å². The smallest absolute Gasteiger partial charge is 0.0578 e. The molecule has 4 aliphatic rings. The Morgan fingerprint density at radius 1 is 0.931 bits per heavy atom. The average Bonchev–Trinajstić information content (AvgIpc) is 3.03. The minimum absolute atomic E-state index is 0.116. The van der Waals surface area contributed by atoms with E-state index in [0.717, 1.165) is 36.5 Å². The average molecular weight is 397 g/mol. The Morgan fingerprint density at radius 3 is 2.41 bits per heavy atom. The molecule has 0 amide bonds. The Balaban J connectivity index is 1.57. The van der Waals surface area contributed by atoms with Gasteiger partial charge in [0.15, 0.2) is 0 Å². The van der Waals surface area contributed by atoms with Gasteiger partial charge in [-0.3, -0.25) is 0 Å². The lowest BCUT2D eigenvalue weighted by Gasteiger charge is -2.55. The minimum Gasteiger partial charge on any atom is -0.393 e. The van der Waals surface area contributed by atoms with E-state index < -0.39 is 0 Å². The van der Waals surface area contributed by atoms with Crippen molar-refractivity contribution in [3.63, 3.8) is 0 Å². The van der Waals surface area contributed by atoms with E-state index in [0.29, 0.717) is 22.7 Å². The van der Waals surface area contributed by atoms with Gasteiger partial charge in [-0.15, -0.1) is 0 Å². The summed E-state index contributed by atoms with van der Waals surface area (Å²) in [6, 6.07) is 0. The Hall–Kier alpha value is -0.820. The van der Waals surface area contributed by atoms with Gasteiger partial charge in [0, 0.05) is 0 Å². The van der Waals surface area contributed by atoms with E-state index in [1.165, 1.54) is 37.7 Å². The van der Waals surface area contributed by atoms with Crippen molar-refractivity contribution in [2.75, 3.05) is 0 Å². The van der Waals surface area contributed by atoms with Crippen LogP contribution in [0.5, 0.6) is 0 Å². The van der Waals surface area contributed by atoms with Crippen molar-refractivity contribution in [2.45, 2.75) is 92.6 Å². The predicted octanol–water partition coefficient (Wildman–Crippen LogP) is 7.33. The van der Waals surface area contributed by atoms with E-state index in [1.54, 1.807) is 5.57 Å². The van der Waals surface area contributed by atoms with Crippen LogP contribution >= 0.6 is 0 Å². The van der Waals surface area contributed by atoms with Gasteiger partial charge in [-0.2, -0.15) is 0 Å². The highest BCUT2D eigenvalue weighted by Gasteiger charge is 2.56. The van der Waals surface area contributed by atoms with Gasteiger partial charge in [-0.1, -0.05) is 77.0 Å². The number of hydrogen-bond donors (Lipinski definition) is 1. The first kappa shape index (κ1) is 21.4. The van der Waals surface area contributed by atoms with Gasteiger partial charge in [0.25, 0.3) is 0 Å². The van der Waals surface area contributed by atoms with Gasteiger partial charge in [0.2, 0.25) is 0 Å². The van der Waals surface area contributed by atoms with Crippen LogP contribution < -0.4 is 0 Å². The maximum Gasteiger partial charge on any atom is 0.0578 e. The summed E-state index contributed by atoms with van der Waals surface area (Å²) in [5, 5.41) is 10.2. The topological polar surface area (TPSA) is 20.2 Å². The van der Waals surface area contributed by atoms with Crippen LogP contribution in [0.15, 0.2) is 35.5 Å². The van der Waals surface area contributed by atoms with E-state index >= 15 is 0 Å². The molecule has 0 aliphatic heterocycles. The van der Waals surface area contributed by atoms with Crippen LogP contribution in [-0.4, -0.2) is 11.2 Å². The standard InChI is InChI=1S/C28H44O/c1-18(2)19(3)7-8-20(4)24-11-12-25-23-10-9-21-17-22(29)13-15-27(21,5)26(23)14-16-28(24,25)6/h7-10,18-20,22,24-26,29H,11-17H2,1-6H3/b8-7+. The van der Waals surface area contributed by atoms with Crippen LogP contribution in [0.25, 0.3) is 0 Å². The van der Waals surface area contributed by atoms with Crippen molar-refractivity contribution in [1.29, 1.82) is 0 Å². The normalized spacial score (nSPS) is 44.0. The molecule has 0 aromatic rings. The summed E-state index contributed by atoms with van der Waals surface area (Å²) >= 11 is 0. The van der Waals surface area contributed by atoms with Gasteiger partial charge < -0.3 is 5.11 Å². The molecule has 1 heteroatoms. The fourth-order valence-corrected chi connectivity index (χ4v) is 7.59. The number of aliphatic hydroxyl groups excluding tert-OH is 1. The molecule has 29 heavy (non-hydrogen) atoms. The van der Waals surface area contributed by atoms with Crippen LogP contribution in [0.1, 0.15) is 86.5 Å². The summed E-state index contributed by atoms with van der Waals surface area (Å²) in [5.41, 5.74) is 4.07. The third kappa shape index (κ3) is 3.50. The molecule has 3 saturated carbocycles. The van der Waals surface area contributed by atoms with E-state index in [-0.39, 0.29) is 6.10 Å². The molecular weight excluding hydrogens is 352 g/mol. The Bertz CT molecular complexity index is 712. The molecule has 0 aromatic heterocycles. The van der Waals surface area contributed by atoms with Crippen LogP contribution in [0.3, 0.4) is 0 Å². The molecule has 8 unspecified atom stereocenters. The van der Waals surface area contributed by atoms with Crippen LogP contribution in [0, 0.1) is 46.3 Å². The number of hydrogen-bond acceptors (Lipinski definition) is 1. The van der Waals surface area contributed by atoms with Crippen LogP contribution in [0.2, 0.25) is 0 Å². The van der Waals surface area contributed by atoms with Gasteiger partial charge in [-0.25, -0.2) is 0 Å². The SMILES string of the molecule is CC(C)C(C)/C=C/C(C)C1CCC2C3=CC=C4CC(O)CCC4(C)C3CCC21C. The van der Waals surface area contributed by atoms with E-state index in [4.69, 9.17) is 0 Å². The molecule has 0 bridgehead atoms. The summed E-state index contributed by atoms with van der Waals surface area (Å²) in [6.07, 6.45) is 18.4. The summed E-state index contributed by atoms with van der Waals surface area (Å²) in [7, 11) is 0. The maximum atomic E-state index is 10.2. The summed E-state index contributed by atoms with van der Waals surface area (Å²) < 4.78 is 0. The minimum atomic E-state index is -0.116. The Kier molecular flexibility index (Phi) is 5.69. The first-order valence-corrected chi connectivity index (χ1v) is 12.4. The summed E-state index contributed by atoms with van der Waals surface area (Å²) in [4.78, 5) is 0. The number of aliphatic hydroxyl groups is 1. The molecule has 1 nitrogen and oxygen atoms in total. The molecule has 4 rings (SSSR count). The third-order valence-corrected chi connectivity index (χ3v) is 10.0. The summed E-state index contributed by atoms with van der Waals surface area (Å²) in [6.45, 7) is 14.6. The number of fused-ring (bicyclic) bond motifs is 5.